The van der Waals surface area contributed by atoms with Crippen molar-refractivity contribution < 1.29 is 4.79 Å². The highest BCUT2D eigenvalue weighted by Crippen LogP contribution is 2.21. The zero-order chi connectivity index (χ0) is 11.4. The predicted molar refractivity (Wildman–Crippen MR) is 70.4 cm³/mol. The minimum Gasteiger partial charge on any atom is -0.381 e. The van der Waals surface area contributed by atoms with E-state index >= 15 is 0 Å². The first-order valence-corrected chi connectivity index (χ1v) is 6.92. The highest BCUT2D eigenvalue weighted by molar-refractivity contribution is 7.99. The molecular formula is C13H17NOS. The largest absolute Gasteiger partial charge is 0.381 e. The van der Waals surface area contributed by atoms with Crippen LogP contribution in [-0.2, 0) is 0 Å². The van der Waals surface area contributed by atoms with E-state index in [1.165, 1.54) is 17.9 Å². The Morgan fingerprint density at radius 1 is 1.44 bits per heavy atom. The van der Waals surface area contributed by atoms with Crippen LogP contribution in [0.2, 0.25) is 0 Å². The average Bonchev–Trinajstić information content (AvgIpc) is 2.82. The van der Waals surface area contributed by atoms with E-state index in [4.69, 9.17) is 0 Å². The third kappa shape index (κ3) is 2.79. The van der Waals surface area contributed by atoms with Crippen molar-refractivity contribution in [3.8, 4) is 0 Å². The highest BCUT2D eigenvalue weighted by Gasteiger charge is 2.14. The fourth-order valence-corrected chi connectivity index (χ4v) is 2.99. The minimum absolute atomic E-state index is 0.211. The predicted octanol–water partition coefficient (Wildman–Crippen LogP) is 3.20. The van der Waals surface area contributed by atoms with Crippen LogP contribution in [0.3, 0.4) is 0 Å². The molecule has 16 heavy (non-hydrogen) atoms. The number of thioether (sulfide) groups is 1. The molecule has 3 heteroatoms. The number of rotatable bonds is 4. The maximum atomic E-state index is 11.4. The zero-order valence-electron chi connectivity index (χ0n) is 9.53. The van der Waals surface area contributed by atoms with Gasteiger partial charge in [-0.1, -0.05) is 6.92 Å². The van der Waals surface area contributed by atoms with Gasteiger partial charge >= 0.3 is 0 Å². The van der Waals surface area contributed by atoms with Gasteiger partial charge in [0.05, 0.1) is 0 Å². The Morgan fingerprint density at radius 2 is 2.19 bits per heavy atom. The SMILES string of the molecule is CCC(=O)c1ccc(NC2CCSC2)cc1. The summed E-state index contributed by atoms with van der Waals surface area (Å²) in [5, 5.41) is 3.49. The van der Waals surface area contributed by atoms with Gasteiger partial charge in [0, 0.05) is 29.5 Å². The molecule has 1 atom stereocenters. The summed E-state index contributed by atoms with van der Waals surface area (Å²) in [5.74, 6) is 2.66. The van der Waals surface area contributed by atoms with E-state index in [1.54, 1.807) is 0 Å². The Bertz CT molecular complexity index is 355. The van der Waals surface area contributed by atoms with Crippen LogP contribution >= 0.6 is 11.8 Å². The molecule has 0 aromatic heterocycles. The molecule has 1 heterocycles. The standard InChI is InChI=1S/C13H17NOS/c1-2-13(15)10-3-5-11(6-4-10)14-12-7-8-16-9-12/h3-6,12,14H,2,7-9H2,1H3. The van der Waals surface area contributed by atoms with Crippen LogP contribution in [0, 0.1) is 0 Å². The van der Waals surface area contributed by atoms with Gasteiger partial charge in [-0.3, -0.25) is 4.79 Å². The maximum absolute atomic E-state index is 11.4. The van der Waals surface area contributed by atoms with E-state index in [0.717, 1.165) is 11.3 Å². The summed E-state index contributed by atoms with van der Waals surface area (Å²) in [7, 11) is 0. The summed E-state index contributed by atoms with van der Waals surface area (Å²) in [6.07, 6.45) is 1.81. The zero-order valence-corrected chi connectivity index (χ0v) is 10.3. The molecule has 2 rings (SSSR count). The van der Waals surface area contributed by atoms with Crippen molar-refractivity contribution in [3.05, 3.63) is 29.8 Å². The maximum Gasteiger partial charge on any atom is 0.162 e. The number of ketones is 1. The van der Waals surface area contributed by atoms with Gasteiger partial charge in [0.25, 0.3) is 0 Å². The van der Waals surface area contributed by atoms with Gasteiger partial charge in [0.15, 0.2) is 5.78 Å². The molecule has 0 aliphatic carbocycles. The second kappa shape index (κ2) is 5.39. The lowest BCUT2D eigenvalue weighted by atomic mass is 10.1. The summed E-state index contributed by atoms with van der Waals surface area (Å²) in [6.45, 7) is 1.89. The first kappa shape index (κ1) is 11.5. The first-order valence-electron chi connectivity index (χ1n) is 5.77. The fourth-order valence-electron chi connectivity index (χ4n) is 1.84. The van der Waals surface area contributed by atoms with E-state index in [0.29, 0.717) is 12.5 Å². The molecule has 0 amide bonds. The minimum atomic E-state index is 0.211. The monoisotopic (exact) mass is 235 g/mol. The lowest BCUT2D eigenvalue weighted by Crippen LogP contribution is -2.17. The summed E-state index contributed by atoms with van der Waals surface area (Å²) in [5.41, 5.74) is 1.94. The van der Waals surface area contributed by atoms with Gasteiger partial charge in [-0.15, -0.1) is 0 Å². The Balaban J connectivity index is 1.98. The highest BCUT2D eigenvalue weighted by atomic mass is 32.2. The molecule has 1 aliphatic heterocycles. The van der Waals surface area contributed by atoms with Gasteiger partial charge in [-0.05, 0) is 36.4 Å². The molecule has 2 nitrogen and oxygen atoms in total. The van der Waals surface area contributed by atoms with Crippen LogP contribution in [0.25, 0.3) is 0 Å². The lowest BCUT2D eigenvalue weighted by molar-refractivity contribution is 0.0988. The van der Waals surface area contributed by atoms with E-state index in [9.17, 15) is 4.79 Å². The molecule has 0 radical (unpaired) electrons. The lowest BCUT2D eigenvalue weighted by Gasteiger charge is -2.12. The van der Waals surface area contributed by atoms with Crippen molar-refractivity contribution in [2.24, 2.45) is 0 Å². The van der Waals surface area contributed by atoms with Crippen LogP contribution in [0.15, 0.2) is 24.3 Å². The summed E-state index contributed by atoms with van der Waals surface area (Å²) in [6, 6.07) is 8.43. The molecule has 0 bridgehead atoms. The van der Waals surface area contributed by atoms with Crippen LogP contribution in [0.4, 0.5) is 5.69 Å². The smallest absolute Gasteiger partial charge is 0.162 e. The Labute approximate surface area is 101 Å². The normalized spacial score (nSPS) is 19.7. The Kier molecular flexibility index (Phi) is 3.88. The van der Waals surface area contributed by atoms with Crippen molar-refractivity contribution in [3.63, 3.8) is 0 Å². The Morgan fingerprint density at radius 3 is 2.75 bits per heavy atom. The van der Waals surface area contributed by atoms with Gasteiger partial charge < -0.3 is 5.32 Å². The number of nitrogens with one attached hydrogen (secondary N) is 1. The second-order valence-electron chi connectivity index (χ2n) is 4.06. The van der Waals surface area contributed by atoms with Crippen LogP contribution in [0.5, 0.6) is 0 Å². The quantitative estimate of drug-likeness (QED) is 0.813. The van der Waals surface area contributed by atoms with E-state index in [2.05, 4.69) is 5.32 Å². The molecule has 0 saturated carbocycles. The molecule has 1 N–H and O–H groups in total. The second-order valence-corrected chi connectivity index (χ2v) is 5.21. The summed E-state index contributed by atoms with van der Waals surface area (Å²) < 4.78 is 0. The van der Waals surface area contributed by atoms with Crippen molar-refractivity contribution >= 4 is 23.2 Å². The van der Waals surface area contributed by atoms with Gasteiger partial charge in [-0.2, -0.15) is 11.8 Å². The number of carbonyl (C=O) groups is 1. The first-order chi connectivity index (χ1) is 7.79. The molecule has 1 saturated heterocycles. The molecule has 1 aromatic rings. The number of Topliss-reactive ketones (excluding diaryl/α,β-unsaturated/α-hetero) is 1. The molecule has 1 fully saturated rings. The number of anilines is 1. The van der Waals surface area contributed by atoms with Crippen molar-refractivity contribution in [1.29, 1.82) is 0 Å². The fraction of sp³-hybridized carbons (Fsp3) is 0.462. The van der Waals surface area contributed by atoms with Crippen LogP contribution in [0.1, 0.15) is 30.1 Å². The van der Waals surface area contributed by atoms with Crippen molar-refractivity contribution in [2.75, 3.05) is 16.8 Å². The molecule has 1 unspecified atom stereocenters. The summed E-state index contributed by atoms with van der Waals surface area (Å²) in [4.78, 5) is 11.4. The number of carbonyl (C=O) groups excluding carboxylic acids is 1. The molecule has 0 spiro atoms. The Hall–Kier alpha value is -0.960. The van der Waals surface area contributed by atoms with Gasteiger partial charge in [0.1, 0.15) is 0 Å². The van der Waals surface area contributed by atoms with Gasteiger partial charge in [0.2, 0.25) is 0 Å². The van der Waals surface area contributed by atoms with E-state index in [1.807, 2.05) is 43.0 Å². The third-order valence-electron chi connectivity index (χ3n) is 2.83. The number of hydrogen-bond donors (Lipinski definition) is 1. The number of hydrogen-bond acceptors (Lipinski definition) is 3. The van der Waals surface area contributed by atoms with Crippen molar-refractivity contribution in [2.45, 2.75) is 25.8 Å². The van der Waals surface area contributed by atoms with E-state index < -0.39 is 0 Å². The average molecular weight is 235 g/mol. The molecule has 1 aromatic carbocycles. The van der Waals surface area contributed by atoms with Gasteiger partial charge in [-0.25, -0.2) is 0 Å². The topological polar surface area (TPSA) is 29.1 Å². The molecule has 1 aliphatic rings. The third-order valence-corrected chi connectivity index (χ3v) is 3.99. The number of benzene rings is 1. The van der Waals surface area contributed by atoms with Crippen LogP contribution < -0.4 is 5.32 Å². The van der Waals surface area contributed by atoms with E-state index in [-0.39, 0.29) is 5.78 Å². The van der Waals surface area contributed by atoms with Crippen molar-refractivity contribution in [1.82, 2.24) is 0 Å². The molecule has 86 valence electrons. The summed E-state index contributed by atoms with van der Waals surface area (Å²) >= 11 is 2.00. The molecular weight excluding hydrogens is 218 g/mol. The van der Waals surface area contributed by atoms with Crippen LogP contribution in [-0.4, -0.2) is 23.3 Å².